The Morgan fingerprint density at radius 2 is 1.78 bits per heavy atom. The van der Waals surface area contributed by atoms with E-state index < -0.39 is 0 Å². The van der Waals surface area contributed by atoms with Crippen LogP contribution in [0.4, 0.5) is 0 Å². The highest BCUT2D eigenvalue weighted by atomic mass is 16.2. The number of amides is 1. The SMILES string of the molecule is CCCCCCC(=O)NCC(=O)c1ccccc1. The van der Waals surface area contributed by atoms with Crippen LogP contribution in [0.5, 0.6) is 0 Å². The third-order valence-corrected chi connectivity index (χ3v) is 2.80. The molecule has 3 heteroatoms. The van der Waals surface area contributed by atoms with E-state index in [2.05, 4.69) is 12.2 Å². The Balaban J connectivity index is 2.20. The lowest BCUT2D eigenvalue weighted by Crippen LogP contribution is -2.29. The van der Waals surface area contributed by atoms with E-state index in [0.717, 1.165) is 25.7 Å². The van der Waals surface area contributed by atoms with Crippen LogP contribution in [-0.4, -0.2) is 18.2 Å². The molecule has 1 rings (SSSR count). The maximum absolute atomic E-state index is 11.7. The highest BCUT2D eigenvalue weighted by Gasteiger charge is 2.07. The second-order valence-corrected chi connectivity index (χ2v) is 4.38. The van der Waals surface area contributed by atoms with Gasteiger partial charge in [-0.1, -0.05) is 56.5 Å². The number of carbonyl (C=O) groups excluding carboxylic acids is 2. The van der Waals surface area contributed by atoms with Gasteiger partial charge in [-0.05, 0) is 6.42 Å². The number of hydrogen-bond acceptors (Lipinski definition) is 2. The van der Waals surface area contributed by atoms with Gasteiger partial charge in [-0.15, -0.1) is 0 Å². The summed E-state index contributed by atoms with van der Waals surface area (Å²) < 4.78 is 0. The molecular formula is C15H21NO2. The summed E-state index contributed by atoms with van der Waals surface area (Å²) in [6.45, 7) is 2.23. The van der Waals surface area contributed by atoms with Crippen LogP contribution in [0.15, 0.2) is 30.3 Å². The molecule has 1 aromatic carbocycles. The van der Waals surface area contributed by atoms with Crippen LogP contribution < -0.4 is 5.32 Å². The number of Topliss-reactive ketones (excluding diaryl/α,β-unsaturated/α-hetero) is 1. The normalized spacial score (nSPS) is 10.1. The largest absolute Gasteiger partial charge is 0.349 e. The van der Waals surface area contributed by atoms with Crippen LogP contribution in [0.3, 0.4) is 0 Å². The van der Waals surface area contributed by atoms with Gasteiger partial charge in [-0.3, -0.25) is 9.59 Å². The topological polar surface area (TPSA) is 46.2 Å². The van der Waals surface area contributed by atoms with Gasteiger partial charge in [-0.25, -0.2) is 0 Å². The van der Waals surface area contributed by atoms with E-state index in [9.17, 15) is 9.59 Å². The first-order chi connectivity index (χ1) is 8.74. The van der Waals surface area contributed by atoms with E-state index in [1.807, 2.05) is 18.2 Å². The van der Waals surface area contributed by atoms with Crippen molar-refractivity contribution in [2.45, 2.75) is 39.0 Å². The van der Waals surface area contributed by atoms with Gasteiger partial charge in [0.1, 0.15) is 0 Å². The van der Waals surface area contributed by atoms with Crippen molar-refractivity contribution in [3.05, 3.63) is 35.9 Å². The molecule has 1 aromatic rings. The van der Waals surface area contributed by atoms with Gasteiger partial charge in [0.15, 0.2) is 5.78 Å². The Bertz CT molecular complexity index is 373. The number of hydrogen-bond donors (Lipinski definition) is 1. The zero-order chi connectivity index (χ0) is 13.2. The number of ketones is 1. The van der Waals surface area contributed by atoms with Gasteiger partial charge in [0.05, 0.1) is 6.54 Å². The number of nitrogens with one attached hydrogen (secondary N) is 1. The average Bonchev–Trinajstić information content (AvgIpc) is 2.42. The minimum absolute atomic E-state index is 0.0321. The van der Waals surface area contributed by atoms with Crippen LogP contribution in [0.2, 0.25) is 0 Å². The fraction of sp³-hybridized carbons (Fsp3) is 0.467. The molecule has 0 spiro atoms. The Labute approximate surface area is 109 Å². The lowest BCUT2D eigenvalue weighted by Gasteiger charge is -2.04. The predicted octanol–water partition coefficient (Wildman–Crippen LogP) is 2.96. The number of benzene rings is 1. The van der Waals surface area contributed by atoms with Crippen molar-refractivity contribution >= 4 is 11.7 Å². The monoisotopic (exact) mass is 247 g/mol. The van der Waals surface area contributed by atoms with Gasteiger partial charge in [0.2, 0.25) is 5.91 Å². The Morgan fingerprint density at radius 3 is 2.44 bits per heavy atom. The molecule has 0 radical (unpaired) electrons. The van der Waals surface area contributed by atoms with Crippen molar-refractivity contribution < 1.29 is 9.59 Å². The van der Waals surface area contributed by atoms with Crippen LogP contribution in [-0.2, 0) is 4.79 Å². The van der Waals surface area contributed by atoms with Gasteiger partial charge < -0.3 is 5.32 Å². The molecule has 0 saturated heterocycles. The molecule has 98 valence electrons. The molecule has 0 aliphatic rings. The third-order valence-electron chi connectivity index (χ3n) is 2.80. The molecule has 0 aromatic heterocycles. The van der Waals surface area contributed by atoms with Crippen molar-refractivity contribution in [2.24, 2.45) is 0 Å². The molecule has 18 heavy (non-hydrogen) atoms. The molecule has 0 heterocycles. The Kier molecular flexibility index (Phi) is 6.77. The first-order valence-electron chi connectivity index (χ1n) is 6.59. The number of carbonyl (C=O) groups is 2. The zero-order valence-corrected chi connectivity index (χ0v) is 10.9. The summed E-state index contributed by atoms with van der Waals surface area (Å²) in [5, 5.41) is 2.67. The molecule has 0 bridgehead atoms. The van der Waals surface area contributed by atoms with Crippen molar-refractivity contribution in [2.75, 3.05) is 6.54 Å². The maximum Gasteiger partial charge on any atom is 0.220 e. The highest BCUT2D eigenvalue weighted by Crippen LogP contribution is 2.02. The quantitative estimate of drug-likeness (QED) is 0.567. The van der Waals surface area contributed by atoms with Crippen molar-refractivity contribution in [3.63, 3.8) is 0 Å². The lowest BCUT2D eigenvalue weighted by molar-refractivity contribution is -0.121. The van der Waals surface area contributed by atoms with Gasteiger partial charge in [0, 0.05) is 12.0 Å². The molecule has 0 saturated carbocycles. The fourth-order valence-electron chi connectivity index (χ4n) is 1.71. The Morgan fingerprint density at radius 1 is 1.06 bits per heavy atom. The maximum atomic E-state index is 11.7. The van der Waals surface area contributed by atoms with Gasteiger partial charge in [-0.2, -0.15) is 0 Å². The molecule has 1 N–H and O–H groups in total. The lowest BCUT2D eigenvalue weighted by atomic mass is 10.1. The summed E-state index contributed by atoms with van der Waals surface area (Å²) in [6, 6.07) is 9.02. The van der Waals surface area contributed by atoms with E-state index >= 15 is 0 Å². The molecule has 0 aliphatic carbocycles. The van der Waals surface area contributed by atoms with Crippen LogP contribution in [0.25, 0.3) is 0 Å². The summed E-state index contributed by atoms with van der Waals surface area (Å²) in [5.41, 5.74) is 0.642. The van der Waals surface area contributed by atoms with Crippen LogP contribution in [0.1, 0.15) is 49.4 Å². The molecule has 0 atom stereocenters. The van der Waals surface area contributed by atoms with E-state index in [1.165, 1.54) is 0 Å². The van der Waals surface area contributed by atoms with Gasteiger partial charge in [0.25, 0.3) is 0 Å². The molecular weight excluding hydrogens is 226 g/mol. The van der Waals surface area contributed by atoms with E-state index in [4.69, 9.17) is 0 Å². The zero-order valence-electron chi connectivity index (χ0n) is 10.9. The third kappa shape index (κ3) is 5.62. The number of unbranched alkanes of at least 4 members (excludes halogenated alkanes) is 3. The summed E-state index contributed by atoms with van der Waals surface area (Å²) in [7, 11) is 0. The standard InChI is InChI=1S/C15H21NO2/c1-2-3-4-8-11-15(18)16-12-14(17)13-9-6-5-7-10-13/h5-7,9-10H,2-4,8,11-12H2,1H3,(H,16,18). The van der Waals surface area contributed by atoms with Crippen molar-refractivity contribution in [1.82, 2.24) is 5.32 Å². The summed E-state index contributed by atoms with van der Waals surface area (Å²) in [6.07, 6.45) is 4.82. The first kappa shape index (κ1) is 14.4. The predicted molar refractivity (Wildman–Crippen MR) is 72.5 cm³/mol. The van der Waals surface area contributed by atoms with E-state index in [-0.39, 0.29) is 18.2 Å². The summed E-state index contributed by atoms with van der Waals surface area (Å²) in [5.74, 6) is -0.0760. The van der Waals surface area contributed by atoms with Crippen molar-refractivity contribution in [1.29, 1.82) is 0 Å². The minimum Gasteiger partial charge on any atom is -0.349 e. The highest BCUT2D eigenvalue weighted by molar-refractivity contribution is 5.99. The van der Waals surface area contributed by atoms with Crippen LogP contribution >= 0.6 is 0 Å². The fourth-order valence-corrected chi connectivity index (χ4v) is 1.71. The summed E-state index contributed by atoms with van der Waals surface area (Å²) >= 11 is 0. The molecule has 0 unspecified atom stereocenters. The smallest absolute Gasteiger partial charge is 0.220 e. The molecule has 0 fully saturated rings. The van der Waals surface area contributed by atoms with Crippen LogP contribution in [0, 0.1) is 0 Å². The molecule has 3 nitrogen and oxygen atoms in total. The van der Waals surface area contributed by atoms with Gasteiger partial charge >= 0.3 is 0 Å². The summed E-state index contributed by atoms with van der Waals surface area (Å²) in [4.78, 5) is 23.2. The second-order valence-electron chi connectivity index (χ2n) is 4.38. The molecule has 0 aliphatic heterocycles. The number of rotatable bonds is 8. The average molecular weight is 247 g/mol. The second kappa shape index (κ2) is 8.45. The van der Waals surface area contributed by atoms with E-state index in [0.29, 0.717) is 12.0 Å². The van der Waals surface area contributed by atoms with Crippen molar-refractivity contribution in [3.8, 4) is 0 Å². The minimum atomic E-state index is -0.0440. The Hall–Kier alpha value is -1.64. The van der Waals surface area contributed by atoms with E-state index in [1.54, 1.807) is 12.1 Å². The molecule has 1 amide bonds. The first-order valence-corrected chi connectivity index (χ1v) is 6.59.